The number of nitrogens with zero attached hydrogens (tertiary/aromatic N) is 6. The van der Waals surface area contributed by atoms with E-state index < -0.39 is 0 Å². The molecular formula is C36H34N6O6S2. The fraction of sp³-hybridized carbons (Fsp3) is 0.278. The Morgan fingerprint density at radius 1 is 0.400 bits per heavy atom. The molecule has 7 rings (SSSR count). The van der Waals surface area contributed by atoms with Gasteiger partial charge in [-0.3, -0.25) is 9.97 Å². The van der Waals surface area contributed by atoms with Gasteiger partial charge in [0.1, 0.15) is 57.5 Å². The van der Waals surface area contributed by atoms with Crippen LogP contribution in [0.15, 0.2) is 83.8 Å². The zero-order valence-electron chi connectivity index (χ0n) is 27.1. The highest BCUT2D eigenvalue weighted by molar-refractivity contribution is 7.13. The summed E-state index contributed by atoms with van der Waals surface area (Å²) < 4.78 is 35.2. The SMILES string of the molecule is c1ccc(-c2csc(-c3ccc4c(n3)-c3nc(-c5nc(-c6ccccn6)cs5)ccc3OCCOCCOCCOCCOCCO4)n2)nc1. The summed E-state index contributed by atoms with van der Waals surface area (Å²) in [6.45, 7) is 4.11. The third kappa shape index (κ3) is 8.71. The average molecular weight is 711 g/mol. The highest BCUT2D eigenvalue weighted by Crippen LogP contribution is 2.39. The monoisotopic (exact) mass is 710 g/mol. The molecule has 0 radical (unpaired) electrons. The first-order valence-corrected chi connectivity index (χ1v) is 17.9. The van der Waals surface area contributed by atoms with Gasteiger partial charge < -0.3 is 28.4 Å². The molecule has 0 N–H and O–H groups in total. The summed E-state index contributed by atoms with van der Waals surface area (Å²) in [6, 6.07) is 19.1. The van der Waals surface area contributed by atoms with Crippen LogP contribution in [0, 0.1) is 0 Å². The van der Waals surface area contributed by atoms with E-state index in [1.807, 2.05) is 71.4 Å². The molecule has 7 heterocycles. The first-order valence-electron chi connectivity index (χ1n) is 16.2. The lowest BCUT2D eigenvalue weighted by molar-refractivity contribution is -0.00707. The van der Waals surface area contributed by atoms with Crippen molar-refractivity contribution in [2.24, 2.45) is 0 Å². The second kappa shape index (κ2) is 17.3. The number of fused-ring (bicyclic) bond motifs is 3. The van der Waals surface area contributed by atoms with E-state index in [0.717, 1.165) is 32.8 Å². The molecule has 0 aliphatic carbocycles. The number of thiazole rings is 2. The van der Waals surface area contributed by atoms with Crippen LogP contribution < -0.4 is 9.47 Å². The highest BCUT2D eigenvalue weighted by atomic mass is 32.1. The van der Waals surface area contributed by atoms with Crippen LogP contribution in [0.3, 0.4) is 0 Å². The first-order chi connectivity index (χ1) is 24.8. The van der Waals surface area contributed by atoms with Crippen molar-refractivity contribution in [3.8, 4) is 67.1 Å². The van der Waals surface area contributed by atoms with Crippen LogP contribution >= 0.6 is 22.7 Å². The maximum Gasteiger partial charge on any atom is 0.147 e. The van der Waals surface area contributed by atoms with Crippen molar-refractivity contribution in [3.63, 3.8) is 0 Å². The Morgan fingerprint density at radius 3 is 1.22 bits per heavy atom. The van der Waals surface area contributed by atoms with E-state index in [-0.39, 0.29) is 0 Å². The van der Waals surface area contributed by atoms with Gasteiger partial charge in [-0.2, -0.15) is 0 Å². The normalized spacial score (nSPS) is 15.2. The Hall–Kier alpha value is -4.70. The van der Waals surface area contributed by atoms with Crippen molar-refractivity contribution in [1.29, 1.82) is 0 Å². The summed E-state index contributed by atoms with van der Waals surface area (Å²) in [4.78, 5) is 28.8. The fourth-order valence-electron chi connectivity index (χ4n) is 4.93. The lowest BCUT2D eigenvalue weighted by Crippen LogP contribution is -2.15. The molecule has 1 aliphatic rings. The molecule has 0 amide bonds. The van der Waals surface area contributed by atoms with Gasteiger partial charge in [0, 0.05) is 23.2 Å². The fourth-order valence-corrected chi connectivity index (χ4v) is 6.50. The van der Waals surface area contributed by atoms with Crippen LogP contribution in [0.5, 0.6) is 11.5 Å². The summed E-state index contributed by atoms with van der Waals surface area (Å²) in [5.74, 6) is 1.06. The Balaban J connectivity index is 1.25. The number of pyridine rings is 4. The molecule has 50 heavy (non-hydrogen) atoms. The van der Waals surface area contributed by atoms with Gasteiger partial charge in [0.25, 0.3) is 0 Å². The predicted molar refractivity (Wildman–Crippen MR) is 190 cm³/mol. The molecule has 0 bridgehead atoms. The summed E-state index contributed by atoms with van der Waals surface area (Å²) in [7, 11) is 0. The molecule has 6 aromatic heterocycles. The van der Waals surface area contributed by atoms with Gasteiger partial charge >= 0.3 is 0 Å². The Morgan fingerprint density at radius 2 is 0.820 bits per heavy atom. The molecule has 1 aliphatic heterocycles. The number of aromatic nitrogens is 6. The molecule has 12 nitrogen and oxygen atoms in total. The van der Waals surface area contributed by atoms with Crippen molar-refractivity contribution in [1.82, 2.24) is 29.9 Å². The number of hydrogen-bond donors (Lipinski definition) is 0. The van der Waals surface area contributed by atoms with Crippen LogP contribution in [0.25, 0.3) is 55.6 Å². The summed E-state index contributed by atoms with van der Waals surface area (Å²) in [6.07, 6.45) is 3.51. The maximum absolute atomic E-state index is 6.28. The Bertz CT molecular complexity index is 1820. The topological polar surface area (TPSA) is 133 Å². The minimum Gasteiger partial charge on any atom is -0.489 e. The van der Waals surface area contributed by atoms with Crippen LogP contribution in [-0.4, -0.2) is 96.0 Å². The number of rotatable bonds is 4. The van der Waals surface area contributed by atoms with E-state index in [2.05, 4.69) is 9.97 Å². The second-order valence-corrected chi connectivity index (χ2v) is 12.5. The lowest BCUT2D eigenvalue weighted by atomic mass is 10.1. The molecule has 0 fully saturated rings. The lowest BCUT2D eigenvalue weighted by Gasteiger charge is -2.16. The largest absolute Gasteiger partial charge is 0.489 e. The molecule has 0 spiro atoms. The molecular weight excluding hydrogens is 677 g/mol. The van der Waals surface area contributed by atoms with Crippen LogP contribution in [0.4, 0.5) is 0 Å². The molecule has 14 heteroatoms. The van der Waals surface area contributed by atoms with Crippen LogP contribution in [0.2, 0.25) is 0 Å². The Labute approximate surface area is 297 Å². The number of hydrogen-bond acceptors (Lipinski definition) is 14. The van der Waals surface area contributed by atoms with Gasteiger partial charge in [-0.1, -0.05) is 12.1 Å². The summed E-state index contributed by atoms with van der Waals surface area (Å²) >= 11 is 2.98. The van der Waals surface area contributed by atoms with Gasteiger partial charge in [0.2, 0.25) is 0 Å². The van der Waals surface area contributed by atoms with Gasteiger partial charge in [0.05, 0.1) is 75.6 Å². The van der Waals surface area contributed by atoms with Crippen molar-refractivity contribution >= 4 is 22.7 Å². The third-order valence-corrected chi connectivity index (χ3v) is 9.06. The highest BCUT2D eigenvalue weighted by Gasteiger charge is 2.21. The predicted octanol–water partition coefficient (Wildman–Crippen LogP) is 6.35. The minimum atomic E-state index is 0.294. The first kappa shape index (κ1) is 33.8. The van der Waals surface area contributed by atoms with E-state index in [1.165, 1.54) is 22.7 Å². The molecule has 256 valence electrons. The van der Waals surface area contributed by atoms with Gasteiger partial charge in [-0.05, 0) is 48.5 Å². The minimum absolute atomic E-state index is 0.294. The van der Waals surface area contributed by atoms with Crippen molar-refractivity contribution in [2.75, 3.05) is 66.1 Å². The molecule has 0 aromatic carbocycles. The maximum atomic E-state index is 6.28. The van der Waals surface area contributed by atoms with Crippen molar-refractivity contribution in [3.05, 3.63) is 83.8 Å². The smallest absolute Gasteiger partial charge is 0.147 e. The van der Waals surface area contributed by atoms with E-state index in [9.17, 15) is 0 Å². The van der Waals surface area contributed by atoms with E-state index >= 15 is 0 Å². The molecule has 0 atom stereocenters. The number of ether oxygens (including phenoxy) is 6. The Kier molecular flexibility index (Phi) is 11.7. The average Bonchev–Trinajstić information content (AvgIpc) is 3.87. The zero-order chi connectivity index (χ0) is 33.8. The van der Waals surface area contributed by atoms with E-state index in [0.29, 0.717) is 100 Å². The second-order valence-electron chi connectivity index (χ2n) is 10.7. The quantitative estimate of drug-likeness (QED) is 0.202. The molecule has 0 unspecified atom stereocenters. The van der Waals surface area contributed by atoms with Crippen LogP contribution in [0.1, 0.15) is 0 Å². The van der Waals surface area contributed by atoms with Gasteiger partial charge in [-0.25, -0.2) is 19.9 Å². The van der Waals surface area contributed by atoms with E-state index in [4.69, 9.17) is 48.4 Å². The summed E-state index contributed by atoms with van der Waals surface area (Å²) in [5.41, 5.74) is 5.46. The molecule has 6 aromatic rings. The van der Waals surface area contributed by atoms with Crippen LogP contribution in [-0.2, 0) is 18.9 Å². The molecule has 0 saturated carbocycles. The third-order valence-electron chi connectivity index (χ3n) is 7.33. The standard InChI is InChI=1S/C36H34N6O6S2/c1-3-11-37-25(5-1)29-23-49-35(41-29)27-7-9-31-33(39-27)34-32(48-22-20-46-18-16-44-14-13-43-15-17-45-19-21-47-31)10-8-28(40-34)36-42-30(24-50-36)26-6-2-4-12-38-26/h1-12,23-24H,13-22H2. The van der Waals surface area contributed by atoms with E-state index in [1.54, 1.807) is 12.4 Å². The van der Waals surface area contributed by atoms with Gasteiger partial charge in [0.15, 0.2) is 0 Å². The summed E-state index contributed by atoms with van der Waals surface area (Å²) in [5, 5.41) is 5.42. The van der Waals surface area contributed by atoms with Gasteiger partial charge in [-0.15, -0.1) is 22.7 Å². The molecule has 0 saturated heterocycles. The van der Waals surface area contributed by atoms with Crippen molar-refractivity contribution < 1.29 is 28.4 Å². The zero-order valence-corrected chi connectivity index (χ0v) is 28.7. The van der Waals surface area contributed by atoms with Crippen molar-refractivity contribution in [2.45, 2.75) is 0 Å².